The maximum Gasteiger partial charge on any atom is 0.136 e. The smallest absolute Gasteiger partial charge is 0.136 e. The second kappa shape index (κ2) is 3.68. The van der Waals surface area contributed by atoms with Gasteiger partial charge < -0.3 is 9.47 Å². The first-order valence-electron chi connectivity index (χ1n) is 4.27. The van der Waals surface area contributed by atoms with Gasteiger partial charge in [-0.3, -0.25) is 0 Å². The lowest BCUT2D eigenvalue weighted by Crippen LogP contribution is -2.05. The third-order valence-corrected chi connectivity index (χ3v) is 2.60. The summed E-state index contributed by atoms with van der Waals surface area (Å²) in [4.78, 5) is 0. The maximum absolute atomic E-state index is 5.62. The summed E-state index contributed by atoms with van der Waals surface area (Å²) in [6.07, 6.45) is 0.312. The van der Waals surface area contributed by atoms with Crippen LogP contribution in [0, 0.1) is 6.92 Å². The largest absolute Gasteiger partial charge is 0.489 e. The highest BCUT2D eigenvalue weighted by Gasteiger charge is 2.23. The quantitative estimate of drug-likeness (QED) is 0.761. The monoisotopic (exact) mass is 242 g/mol. The van der Waals surface area contributed by atoms with Gasteiger partial charge >= 0.3 is 0 Å². The van der Waals surface area contributed by atoms with E-state index in [1.807, 2.05) is 25.1 Å². The van der Waals surface area contributed by atoms with E-state index < -0.39 is 0 Å². The highest BCUT2D eigenvalue weighted by molar-refractivity contribution is 9.10. The molecular formula is C10H11BrO2. The zero-order valence-electron chi connectivity index (χ0n) is 7.42. The molecule has 1 atom stereocenters. The van der Waals surface area contributed by atoms with Crippen LogP contribution < -0.4 is 4.74 Å². The fraction of sp³-hybridized carbons (Fsp3) is 0.400. The number of para-hydroxylation sites is 1. The zero-order valence-corrected chi connectivity index (χ0v) is 9.00. The number of epoxide rings is 1. The van der Waals surface area contributed by atoms with Crippen LogP contribution in [0.4, 0.5) is 0 Å². The first-order chi connectivity index (χ1) is 6.27. The molecule has 0 N–H and O–H groups in total. The maximum atomic E-state index is 5.62. The molecule has 0 radical (unpaired) electrons. The number of hydrogen-bond donors (Lipinski definition) is 0. The summed E-state index contributed by atoms with van der Waals surface area (Å²) in [6.45, 7) is 3.53. The highest BCUT2D eigenvalue weighted by Crippen LogP contribution is 2.29. The Bertz CT molecular complexity index is 288. The summed E-state index contributed by atoms with van der Waals surface area (Å²) < 4.78 is 11.7. The number of halogens is 1. The van der Waals surface area contributed by atoms with Crippen LogP contribution in [0.1, 0.15) is 5.56 Å². The summed E-state index contributed by atoms with van der Waals surface area (Å²) in [5, 5.41) is 0. The number of benzene rings is 1. The van der Waals surface area contributed by atoms with E-state index in [2.05, 4.69) is 15.9 Å². The van der Waals surface area contributed by atoms with E-state index in [0.717, 1.165) is 22.4 Å². The molecule has 2 rings (SSSR count). The molecule has 0 aromatic heterocycles. The number of ether oxygens (including phenoxy) is 2. The van der Waals surface area contributed by atoms with Gasteiger partial charge in [0.2, 0.25) is 0 Å². The third-order valence-electron chi connectivity index (χ3n) is 1.98. The SMILES string of the molecule is Cc1cccc(Br)c1OCC1CO1. The average Bonchev–Trinajstić information content (AvgIpc) is 2.87. The number of hydrogen-bond acceptors (Lipinski definition) is 2. The fourth-order valence-electron chi connectivity index (χ4n) is 1.14. The number of aryl methyl sites for hydroxylation is 1. The van der Waals surface area contributed by atoms with Crippen molar-refractivity contribution in [1.82, 2.24) is 0 Å². The molecule has 0 spiro atoms. The number of rotatable bonds is 3. The van der Waals surface area contributed by atoms with Crippen molar-refractivity contribution in [3.8, 4) is 5.75 Å². The van der Waals surface area contributed by atoms with E-state index in [1.165, 1.54) is 0 Å². The minimum atomic E-state index is 0.312. The van der Waals surface area contributed by atoms with Crippen LogP contribution in [0.15, 0.2) is 22.7 Å². The topological polar surface area (TPSA) is 21.8 Å². The molecule has 1 unspecified atom stereocenters. The minimum absolute atomic E-state index is 0.312. The molecule has 3 heteroatoms. The molecule has 2 nitrogen and oxygen atoms in total. The van der Waals surface area contributed by atoms with E-state index in [9.17, 15) is 0 Å². The molecule has 0 saturated carbocycles. The van der Waals surface area contributed by atoms with Gasteiger partial charge in [-0.2, -0.15) is 0 Å². The van der Waals surface area contributed by atoms with Crippen molar-refractivity contribution in [3.05, 3.63) is 28.2 Å². The van der Waals surface area contributed by atoms with Crippen LogP contribution in [-0.2, 0) is 4.74 Å². The van der Waals surface area contributed by atoms with Crippen LogP contribution in [-0.4, -0.2) is 19.3 Å². The molecule has 1 saturated heterocycles. The standard InChI is InChI=1S/C10H11BrO2/c1-7-3-2-4-9(11)10(7)13-6-8-5-12-8/h2-4,8H,5-6H2,1H3. The van der Waals surface area contributed by atoms with Gasteiger partial charge in [0.15, 0.2) is 0 Å². The average molecular weight is 243 g/mol. The molecule has 1 aromatic rings. The zero-order chi connectivity index (χ0) is 9.26. The van der Waals surface area contributed by atoms with Crippen molar-refractivity contribution in [2.75, 3.05) is 13.2 Å². The lowest BCUT2D eigenvalue weighted by molar-refractivity contribution is 0.260. The van der Waals surface area contributed by atoms with Gasteiger partial charge in [-0.25, -0.2) is 0 Å². The summed E-state index contributed by atoms with van der Waals surface area (Å²) in [5.74, 6) is 0.929. The van der Waals surface area contributed by atoms with Crippen molar-refractivity contribution < 1.29 is 9.47 Å². The molecule has 1 aliphatic heterocycles. The van der Waals surface area contributed by atoms with Crippen molar-refractivity contribution in [3.63, 3.8) is 0 Å². The Morgan fingerprint density at radius 3 is 3.00 bits per heavy atom. The predicted octanol–water partition coefficient (Wildman–Crippen LogP) is 2.54. The van der Waals surface area contributed by atoms with Crippen molar-refractivity contribution in [1.29, 1.82) is 0 Å². The van der Waals surface area contributed by atoms with E-state index in [-0.39, 0.29) is 0 Å². The van der Waals surface area contributed by atoms with Gasteiger partial charge in [-0.05, 0) is 34.5 Å². The third kappa shape index (κ3) is 2.23. The van der Waals surface area contributed by atoms with Crippen LogP contribution in [0.25, 0.3) is 0 Å². The predicted molar refractivity (Wildman–Crippen MR) is 54.1 cm³/mol. The highest BCUT2D eigenvalue weighted by atomic mass is 79.9. The van der Waals surface area contributed by atoms with Gasteiger partial charge in [0.1, 0.15) is 18.5 Å². The van der Waals surface area contributed by atoms with Crippen LogP contribution >= 0.6 is 15.9 Å². The second-order valence-corrected chi connectivity index (χ2v) is 4.01. The molecule has 13 heavy (non-hydrogen) atoms. The molecule has 0 amide bonds. The molecule has 1 aliphatic rings. The Labute approximate surface area is 86.0 Å². The Morgan fingerprint density at radius 1 is 1.62 bits per heavy atom. The Morgan fingerprint density at radius 2 is 2.38 bits per heavy atom. The van der Waals surface area contributed by atoms with E-state index in [1.54, 1.807) is 0 Å². The van der Waals surface area contributed by atoms with Crippen molar-refractivity contribution in [2.45, 2.75) is 13.0 Å². The molecule has 1 heterocycles. The summed E-state index contributed by atoms with van der Waals surface area (Å²) in [7, 11) is 0. The fourth-order valence-corrected chi connectivity index (χ4v) is 1.72. The molecule has 1 aromatic carbocycles. The van der Waals surface area contributed by atoms with E-state index in [4.69, 9.17) is 9.47 Å². The molecule has 70 valence electrons. The Kier molecular flexibility index (Phi) is 2.56. The normalized spacial score (nSPS) is 20.0. The molecule has 0 aliphatic carbocycles. The van der Waals surface area contributed by atoms with Gasteiger partial charge in [-0.1, -0.05) is 12.1 Å². The summed E-state index contributed by atoms with van der Waals surface area (Å²) >= 11 is 3.45. The first-order valence-corrected chi connectivity index (χ1v) is 5.06. The summed E-state index contributed by atoms with van der Waals surface area (Å²) in [5.41, 5.74) is 1.15. The first kappa shape index (κ1) is 9.03. The van der Waals surface area contributed by atoms with Gasteiger partial charge in [-0.15, -0.1) is 0 Å². The second-order valence-electron chi connectivity index (χ2n) is 3.15. The summed E-state index contributed by atoms with van der Waals surface area (Å²) in [6, 6.07) is 6.02. The van der Waals surface area contributed by atoms with Crippen LogP contribution in [0.2, 0.25) is 0 Å². The van der Waals surface area contributed by atoms with E-state index >= 15 is 0 Å². The van der Waals surface area contributed by atoms with Gasteiger partial charge in [0, 0.05) is 0 Å². The minimum Gasteiger partial charge on any atom is -0.489 e. The Hall–Kier alpha value is -0.540. The molecule has 0 bridgehead atoms. The lowest BCUT2D eigenvalue weighted by atomic mass is 10.2. The van der Waals surface area contributed by atoms with Gasteiger partial charge in [0.25, 0.3) is 0 Å². The Balaban J connectivity index is 2.07. The lowest BCUT2D eigenvalue weighted by Gasteiger charge is -2.09. The molecular weight excluding hydrogens is 232 g/mol. The van der Waals surface area contributed by atoms with Crippen molar-refractivity contribution >= 4 is 15.9 Å². The van der Waals surface area contributed by atoms with Crippen molar-refractivity contribution in [2.24, 2.45) is 0 Å². The molecule has 1 fully saturated rings. The van der Waals surface area contributed by atoms with E-state index in [0.29, 0.717) is 12.7 Å². The van der Waals surface area contributed by atoms with Gasteiger partial charge in [0.05, 0.1) is 11.1 Å². The van der Waals surface area contributed by atoms with Crippen LogP contribution in [0.3, 0.4) is 0 Å². The van der Waals surface area contributed by atoms with Crippen LogP contribution in [0.5, 0.6) is 5.75 Å².